The van der Waals surface area contributed by atoms with Crippen LogP contribution in [0.25, 0.3) is 0 Å². The summed E-state index contributed by atoms with van der Waals surface area (Å²) in [6, 6.07) is 6.07. The smallest absolute Gasteiger partial charge is 0.225 e. The van der Waals surface area contributed by atoms with Crippen LogP contribution in [-0.2, 0) is 11.2 Å². The van der Waals surface area contributed by atoms with Crippen molar-refractivity contribution < 1.29 is 13.7 Å². The minimum absolute atomic E-state index is 0.0996. The number of nitrogens with one attached hydrogen (secondary N) is 1. The number of carbonyl (C=O) groups is 1. The van der Waals surface area contributed by atoms with Crippen molar-refractivity contribution >= 4 is 5.91 Å². The van der Waals surface area contributed by atoms with Crippen molar-refractivity contribution in [2.24, 2.45) is 5.92 Å². The fourth-order valence-electron chi connectivity index (χ4n) is 2.44. The Hall–Kier alpha value is -2.17. The summed E-state index contributed by atoms with van der Waals surface area (Å²) < 4.78 is 18.1. The first-order valence-electron chi connectivity index (χ1n) is 7.35. The normalized spacial score (nSPS) is 12.5. The van der Waals surface area contributed by atoms with Gasteiger partial charge in [-0.3, -0.25) is 4.79 Å². The van der Waals surface area contributed by atoms with Gasteiger partial charge in [0.1, 0.15) is 11.6 Å². The average Bonchev–Trinajstić information content (AvgIpc) is 2.77. The summed E-state index contributed by atoms with van der Waals surface area (Å²) in [6.45, 7) is 7.65. The van der Waals surface area contributed by atoms with E-state index in [0.717, 1.165) is 16.8 Å². The minimum atomic E-state index is -0.284. The van der Waals surface area contributed by atoms with E-state index in [2.05, 4.69) is 10.5 Å². The van der Waals surface area contributed by atoms with Crippen LogP contribution in [0.5, 0.6) is 0 Å². The van der Waals surface area contributed by atoms with Crippen LogP contribution in [-0.4, -0.2) is 11.1 Å². The Bertz CT molecular complexity index is 628. The van der Waals surface area contributed by atoms with Gasteiger partial charge < -0.3 is 9.84 Å². The Morgan fingerprint density at radius 3 is 2.41 bits per heavy atom. The summed E-state index contributed by atoms with van der Waals surface area (Å²) in [5, 5.41) is 6.87. The summed E-state index contributed by atoms with van der Waals surface area (Å²) >= 11 is 0. The third kappa shape index (κ3) is 3.72. The fourth-order valence-corrected chi connectivity index (χ4v) is 2.44. The topological polar surface area (TPSA) is 55.1 Å². The van der Waals surface area contributed by atoms with Crippen LogP contribution in [0.3, 0.4) is 0 Å². The summed E-state index contributed by atoms with van der Waals surface area (Å²) in [5.41, 5.74) is 2.44. The van der Waals surface area contributed by atoms with Crippen molar-refractivity contribution in [2.45, 2.75) is 40.2 Å². The number of amides is 1. The molecule has 0 saturated carbocycles. The standard InChI is InChI=1S/C17H21FN2O2/c1-10(2)17(13-5-7-14(18)8-6-13)19-16(21)9-15-11(3)20-22-12(15)4/h5-8,10,17H,9H2,1-4H3,(H,19,21)/t17-/m0/s1. The highest BCUT2D eigenvalue weighted by molar-refractivity contribution is 5.79. The Balaban J connectivity index is 2.11. The summed E-state index contributed by atoms with van der Waals surface area (Å²) in [6.07, 6.45) is 0.228. The van der Waals surface area contributed by atoms with E-state index in [0.29, 0.717) is 5.76 Å². The molecule has 0 aliphatic rings. The number of hydrogen-bond acceptors (Lipinski definition) is 3. The molecule has 0 aliphatic carbocycles. The lowest BCUT2D eigenvalue weighted by Crippen LogP contribution is -2.33. The van der Waals surface area contributed by atoms with Crippen LogP contribution in [0.2, 0.25) is 0 Å². The summed E-state index contributed by atoms with van der Waals surface area (Å²) in [7, 11) is 0. The van der Waals surface area contributed by atoms with E-state index in [1.54, 1.807) is 19.1 Å². The second kappa shape index (κ2) is 6.73. The molecule has 0 saturated heterocycles. The molecule has 0 unspecified atom stereocenters. The maximum absolute atomic E-state index is 13.0. The summed E-state index contributed by atoms with van der Waals surface area (Å²) in [4.78, 5) is 12.3. The molecule has 22 heavy (non-hydrogen) atoms. The number of rotatable bonds is 5. The zero-order valence-electron chi connectivity index (χ0n) is 13.3. The lowest BCUT2D eigenvalue weighted by molar-refractivity contribution is -0.121. The second-order valence-electron chi connectivity index (χ2n) is 5.82. The van der Waals surface area contributed by atoms with Gasteiger partial charge in [-0.25, -0.2) is 4.39 Å². The highest BCUT2D eigenvalue weighted by Gasteiger charge is 2.20. The first-order valence-corrected chi connectivity index (χ1v) is 7.35. The second-order valence-corrected chi connectivity index (χ2v) is 5.82. The van der Waals surface area contributed by atoms with Crippen molar-refractivity contribution in [3.8, 4) is 0 Å². The van der Waals surface area contributed by atoms with Gasteiger partial charge in [0.2, 0.25) is 5.91 Å². The number of benzene rings is 1. The maximum Gasteiger partial charge on any atom is 0.225 e. The molecule has 0 radical (unpaired) electrons. The van der Waals surface area contributed by atoms with Crippen LogP contribution in [0, 0.1) is 25.6 Å². The zero-order chi connectivity index (χ0) is 16.3. The Kier molecular flexibility index (Phi) is 4.96. The highest BCUT2D eigenvalue weighted by Crippen LogP contribution is 2.22. The number of halogens is 1. The predicted octanol–water partition coefficient (Wildman–Crippen LogP) is 3.49. The molecule has 5 heteroatoms. The molecule has 2 rings (SSSR count). The highest BCUT2D eigenvalue weighted by atomic mass is 19.1. The first kappa shape index (κ1) is 16.2. The van der Waals surface area contributed by atoms with Gasteiger partial charge in [0.05, 0.1) is 18.2 Å². The van der Waals surface area contributed by atoms with E-state index < -0.39 is 0 Å². The molecule has 0 bridgehead atoms. The lowest BCUT2D eigenvalue weighted by atomic mass is 9.95. The molecule has 1 aromatic carbocycles. The molecule has 118 valence electrons. The van der Waals surface area contributed by atoms with Gasteiger partial charge in [-0.1, -0.05) is 31.1 Å². The van der Waals surface area contributed by atoms with E-state index in [1.165, 1.54) is 12.1 Å². The molecule has 0 aliphatic heterocycles. The fraction of sp³-hybridized carbons (Fsp3) is 0.412. The van der Waals surface area contributed by atoms with Gasteiger partial charge in [-0.05, 0) is 37.5 Å². The van der Waals surface area contributed by atoms with E-state index >= 15 is 0 Å². The lowest BCUT2D eigenvalue weighted by Gasteiger charge is -2.23. The molecule has 1 aromatic heterocycles. The van der Waals surface area contributed by atoms with Crippen molar-refractivity contribution in [2.75, 3.05) is 0 Å². The SMILES string of the molecule is Cc1noc(C)c1CC(=O)N[C@H](c1ccc(F)cc1)C(C)C. The Morgan fingerprint density at radius 1 is 1.27 bits per heavy atom. The maximum atomic E-state index is 13.0. The van der Waals surface area contributed by atoms with Crippen LogP contribution >= 0.6 is 0 Å². The Labute approximate surface area is 129 Å². The number of aryl methyl sites for hydroxylation is 2. The molecule has 1 N–H and O–H groups in total. The monoisotopic (exact) mass is 304 g/mol. The van der Waals surface area contributed by atoms with Crippen molar-refractivity contribution in [3.63, 3.8) is 0 Å². The molecule has 4 nitrogen and oxygen atoms in total. The average molecular weight is 304 g/mol. The quantitative estimate of drug-likeness (QED) is 0.920. The first-order chi connectivity index (χ1) is 10.4. The van der Waals surface area contributed by atoms with Gasteiger partial charge in [-0.15, -0.1) is 0 Å². The summed E-state index contributed by atoms with van der Waals surface area (Å²) in [5.74, 6) is 0.473. The number of hydrogen-bond donors (Lipinski definition) is 1. The molecule has 1 amide bonds. The van der Waals surface area contributed by atoms with Gasteiger partial charge in [-0.2, -0.15) is 0 Å². The van der Waals surface area contributed by atoms with E-state index in [4.69, 9.17) is 4.52 Å². The number of nitrogens with zero attached hydrogens (tertiary/aromatic N) is 1. The molecule has 1 heterocycles. The van der Waals surface area contributed by atoms with Gasteiger partial charge >= 0.3 is 0 Å². The third-order valence-electron chi connectivity index (χ3n) is 3.73. The minimum Gasteiger partial charge on any atom is -0.361 e. The van der Waals surface area contributed by atoms with E-state index in [-0.39, 0.29) is 30.1 Å². The van der Waals surface area contributed by atoms with E-state index in [9.17, 15) is 9.18 Å². The van der Waals surface area contributed by atoms with Crippen LogP contribution in [0.4, 0.5) is 4.39 Å². The predicted molar refractivity (Wildman–Crippen MR) is 81.8 cm³/mol. The molecule has 1 atom stereocenters. The van der Waals surface area contributed by atoms with E-state index in [1.807, 2.05) is 20.8 Å². The molecular formula is C17H21FN2O2. The van der Waals surface area contributed by atoms with Crippen molar-refractivity contribution in [1.82, 2.24) is 10.5 Å². The molecular weight excluding hydrogens is 283 g/mol. The Morgan fingerprint density at radius 2 is 1.91 bits per heavy atom. The van der Waals surface area contributed by atoms with Gasteiger partial charge in [0.25, 0.3) is 0 Å². The number of aromatic nitrogens is 1. The van der Waals surface area contributed by atoms with Gasteiger partial charge in [0.15, 0.2) is 0 Å². The molecule has 0 fully saturated rings. The number of carbonyl (C=O) groups excluding carboxylic acids is 1. The zero-order valence-corrected chi connectivity index (χ0v) is 13.3. The van der Waals surface area contributed by atoms with Crippen molar-refractivity contribution in [1.29, 1.82) is 0 Å². The van der Waals surface area contributed by atoms with Crippen LogP contribution < -0.4 is 5.32 Å². The van der Waals surface area contributed by atoms with Crippen molar-refractivity contribution in [3.05, 3.63) is 52.7 Å². The largest absolute Gasteiger partial charge is 0.361 e. The van der Waals surface area contributed by atoms with Crippen LogP contribution in [0.15, 0.2) is 28.8 Å². The van der Waals surface area contributed by atoms with Gasteiger partial charge in [0, 0.05) is 5.56 Å². The van der Waals surface area contributed by atoms with Crippen LogP contribution in [0.1, 0.15) is 42.5 Å². The molecule has 2 aromatic rings. The molecule has 0 spiro atoms. The third-order valence-corrected chi connectivity index (χ3v) is 3.73.